The van der Waals surface area contributed by atoms with Crippen molar-refractivity contribution in [1.29, 1.82) is 0 Å². The Morgan fingerprint density at radius 2 is 2.23 bits per heavy atom. The molecule has 0 radical (unpaired) electrons. The molecule has 0 saturated heterocycles. The summed E-state index contributed by atoms with van der Waals surface area (Å²) >= 11 is 0. The first-order chi connectivity index (χ1) is 5.91. The first-order valence-electron chi connectivity index (χ1n) is 2.99. The number of carbonyl (C=O) groups is 1. The second kappa shape index (κ2) is 2.96. The predicted molar refractivity (Wildman–Crippen MR) is 34.7 cm³/mol. The smallest absolute Gasteiger partial charge is 0.399 e. The highest BCUT2D eigenvalue weighted by atomic mass is 19.4. The number of nitrogens with two attached hydrogens (primary N) is 1. The third kappa shape index (κ3) is 2.10. The van der Waals surface area contributed by atoms with Gasteiger partial charge in [0, 0.05) is 0 Å². The van der Waals surface area contributed by atoms with Crippen LogP contribution in [0.4, 0.5) is 18.9 Å². The van der Waals surface area contributed by atoms with Gasteiger partial charge in [-0.1, -0.05) is 0 Å². The van der Waals surface area contributed by atoms with Gasteiger partial charge in [-0.3, -0.25) is 0 Å². The number of rotatable bonds is 1. The SMILES string of the molecule is Nc1cn[nH]c1OC(=O)C(F)(F)F. The standard InChI is InChI=1S/C5H4F3N3O2/c6-5(7,8)4(12)13-3-2(9)1-10-11-3/h1H,9H2,(H,10,11). The lowest BCUT2D eigenvalue weighted by atomic mass is 10.5. The maximum atomic E-state index is 11.6. The van der Waals surface area contributed by atoms with Crippen LogP contribution in [0.1, 0.15) is 0 Å². The molecule has 0 aromatic carbocycles. The molecule has 1 aromatic rings. The number of esters is 1. The van der Waals surface area contributed by atoms with Crippen molar-refractivity contribution < 1.29 is 22.7 Å². The molecule has 0 fully saturated rings. The lowest BCUT2D eigenvalue weighted by molar-refractivity contribution is -0.189. The zero-order valence-corrected chi connectivity index (χ0v) is 6.05. The number of hydrogen-bond acceptors (Lipinski definition) is 4. The fourth-order valence-corrected chi connectivity index (χ4v) is 0.516. The number of nitrogens with zero attached hydrogens (tertiary/aromatic N) is 1. The number of halogens is 3. The molecular weight excluding hydrogens is 191 g/mol. The van der Waals surface area contributed by atoms with Crippen molar-refractivity contribution in [3.63, 3.8) is 0 Å². The van der Waals surface area contributed by atoms with Crippen molar-refractivity contribution in [3.8, 4) is 5.88 Å². The summed E-state index contributed by atoms with van der Waals surface area (Å²) in [5, 5.41) is 5.25. The van der Waals surface area contributed by atoms with E-state index in [2.05, 4.69) is 9.84 Å². The topological polar surface area (TPSA) is 81.0 Å². The molecule has 0 bridgehead atoms. The van der Waals surface area contributed by atoms with Gasteiger partial charge in [-0.25, -0.2) is 9.89 Å². The molecule has 1 rings (SSSR count). The lowest BCUT2D eigenvalue weighted by Crippen LogP contribution is -2.28. The number of H-pyrrole nitrogens is 1. The second-order valence-corrected chi connectivity index (χ2v) is 2.04. The van der Waals surface area contributed by atoms with E-state index in [4.69, 9.17) is 5.73 Å². The highest BCUT2D eigenvalue weighted by molar-refractivity contribution is 5.78. The van der Waals surface area contributed by atoms with E-state index in [1.165, 1.54) is 0 Å². The van der Waals surface area contributed by atoms with Crippen LogP contribution in [-0.4, -0.2) is 22.3 Å². The van der Waals surface area contributed by atoms with Crippen LogP contribution >= 0.6 is 0 Å². The fourth-order valence-electron chi connectivity index (χ4n) is 0.516. The van der Waals surface area contributed by atoms with Crippen LogP contribution in [0, 0.1) is 0 Å². The van der Waals surface area contributed by atoms with Crippen molar-refractivity contribution in [2.24, 2.45) is 0 Å². The number of anilines is 1. The Bertz CT molecular complexity index is 319. The monoisotopic (exact) mass is 195 g/mol. The molecule has 5 nitrogen and oxygen atoms in total. The van der Waals surface area contributed by atoms with E-state index in [0.29, 0.717) is 0 Å². The average molecular weight is 195 g/mol. The molecule has 0 saturated carbocycles. The molecule has 0 amide bonds. The minimum absolute atomic E-state index is 0.169. The van der Waals surface area contributed by atoms with Crippen LogP contribution in [-0.2, 0) is 4.79 Å². The summed E-state index contributed by atoms with van der Waals surface area (Å²) < 4.78 is 38.7. The number of aromatic amines is 1. The number of aromatic nitrogens is 2. The third-order valence-electron chi connectivity index (χ3n) is 1.06. The quantitative estimate of drug-likeness (QED) is 0.638. The van der Waals surface area contributed by atoms with Crippen LogP contribution in [0.3, 0.4) is 0 Å². The Balaban J connectivity index is 2.71. The molecule has 13 heavy (non-hydrogen) atoms. The highest BCUT2D eigenvalue weighted by Crippen LogP contribution is 2.21. The van der Waals surface area contributed by atoms with Crippen LogP contribution in [0.25, 0.3) is 0 Å². The number of hydrogen-bond donors (Lipinski definition) is 2. The maximum absolute atomic E-state index is 11.6. The maximum Gasteiger partial charge on any atom is 0.491 e. The van der Waals surface area contributed by atoms with Gasteiger partial charge in [-0.05, 0) is 0 Å². The fraction of sp³-hybridized carbons (Fsp3) is 0.200. The second-order valence-electron chi connectivity index (χ2n) is 2.04. The van der Waals surface area contributed by atoms with Crippen LogP contribution in [0.2, 0.25) is 0 Å². The van der Waals surface area contributed by atoms with Crippen LogP contribution < -0.4 is 10.5 Å². The summed E-state index contributed by atoms with van der Waals surface area (Å²) in [4.78, 5) is 10.2. The lowest BCUT2D eigenvalue weighted by Gasteiger charge is -2.04. The van der Waals surface area contributed by atoms with E-state index < -0.39 is 18.0 Å². The van der Waals surface area contributed by atoms with Crippen molar-refractivity contribution in [2.45, 2.75) is 6.18 Å². The molecule has 0 atom stereocenters. The van der Waals surface area contributed by atoms with Gasteiger partial charge >= 0.3 is 12.1 Å². The summed E-state index contributed by atoms with van der Waals surface area (Å²) in [5.74, 6) is -2.86. The molecule has 1 aromatic heterocycles. The Morgan fingerprint density at radius 1 is 1.62 bits per heavy atom. The molecular formula is C5H4F3N3O2. The molecule has 0 aliphatic heterocycles. The first kappa shape index (κ1) is 9.36. The normalized spacial score (nSPS) is 11.3. The Hall–Kier alpha value is -1.73. The van der Waals surface area contributed by atoms with E-state index in [1.807, 2.05) is 5.10 Å². The molecule has 0 aliphatic rings. The number of nitrogens with one attached hydrogen (secondary N) is 1. The number of nitrogen functional groups attached to an aromatic ring is 1. The number of carbonyl (C=O) groups excluding carboxylic acids is 1. The van der Waals surface area contributed by atoms with Gasteiger partial charge in [0.05, 0.1) is 6.20 Å². The van der Waals surface area contributed by atoms with E-state index >= 15 is 0 Å². The summed E-state index contributed by atoms with van der Waals surface area (Å²) in [6.45, 7) is 0. The zero-order chi connectivity index (χ0) is 10.1. The molecule has 1 heterocycles. The summed E-state index contributed by atoms with van der Waals surface area (Å²) in [6.07, 6.45) is -4.02. The molecule has 0 unspecified atom stereocenters. The minimum Gasteiger partial charge on any atom is -0.399 e. The van der Waals surface area contributed by atoms with Gasteiger partial charge < -0.3 is 10.5 Å². The zero-order valence-electron chi connectivity index (χ0n) is 6.05. The van der Waals surface area contributed by atoms with Crippen LogP contribution in [0.5, 0.6) is 5.88 Å². The molecule has 0 aliphatic carbocycles. The molecule has 72 valence electrons. The Kier molecular flexibility index (Phi) is 2.13. The third-order valence-corrected chi connectivity index (χ3v) is 1.06. The number of ether oxygens (including phenoxy) is 1. The average Bonchev–Trinajstić information content (AvgIpc) is 2.34. The van der Waals surface area contributed by atoms with Gasteiger partial charge in [-0.15, -0.1) is 0 Å². The first-order valence-corrected chi connectivity index (χ1v) is 2.99. The van der Waals surface area contributed by atoms with Crippen LogP contribution in [0.15, 0.2) is 6.20 Å². The Labute approximate surface area is 69.7 Å². The van der Waals surface area contributed by atoms with E-state index in [0.717, 1.165) is 6.20 Å². The summed E-state index contributed by atoms with van der Waals surface area (Å²) in [7, 11) is 0. The van der Waals surface area contributed by atoms with E-state index in [1.54, 1.807) is 0 Å². The summed E-state index contributed by atoms with van der Waals surface area (Å²) in [6, 6.07) is 0. The van der Waals surface area contributed by atoms with Crippen molar-refractivity contribution >= 4 is 11.7 Å². The molecule has 0 spiro atoms. The highest BCUT2D eigenvalue weighted by Gasteiger charge is 2.41. The largest absolute Gasteiger partial charge is 0.491 e. The van der Waals surface area contributed by atoms with E-state index in [9.17, 15) is 18.0 Å². The number of alkyl halides is 3. The van der Waals surface area contributed by atoms with Gasteiger partial charge in [0.2, 0.25) is 5.88 Å². The molecule has 8 heteroatoms. The van der Waals surface area contributed by atoms with Gasteiger partial charge in [-0.2, -0.15) is 18.3 Å². The van der Waals surface area contributed by atoms with Crippen molar-refractivity contribution in [1.82, 2.24) is 10.2 Å². The Morgan fingerprint density at radius 3 is 2.62 bits per heavy atom. The summed E-state index contributed by atoms with van der Waals surface area (Å²) in [5.41, 5.74) is 4.92. The minimum atomic E-state index is -5.04. The van der Waals surface area contributed by atoms with Gasteiger partial charge in [0.25, 0.3) is 0 Å². The van der Waals surface area contributed by atoms with Gasteiger partial charge in [0.15, 0.2) is 0 Å². The van der Waals surface area contributed by atoms with Crippen molar-refractivity contribution in [3.05, 3.63) is 6.20 Å². The van der Waals surface area contributed by atoms with Crippen molar-refractivity contribution in [2.75, 3.05) is 5.73 Å². The predicted octanol–water partition coefficient (Wildman–Crippen LogP) is 0.460. The van der Waals surface area contributed by atoms with Gasteiger partial charge in [0.1, 0.15) is 5.69 Å². The molecule has 3 N–H and O–H groups in total. The van der Waals surface area contributed by atoms with E-state index in [-0.39, 0.29) is 5.69 Å².